The van der Waals surface area contributed by atoms with Crippen LogP contribution in [0.4, 0.5) is 21.9 Å². The van der Waals surface area contributed by atoms with Crippen LogP contribution in [0.1, 0.15) is 25.8 Å². The van der Waals surface area contributed by atoms with Gasteiger partial charge in [-0.05, 0) is 74.0 Å². The maximum atomic E-state index is 12.9. The number of hydrogen-bond donors (Lipinski definition) is 1. The number of thioether (sulfide) groups is 1. The highest BCUT2D eigenvalue weighted by Gasteiger charge is 2.44. The van der Waals surface area contributed by atoms with Gasteiger partial charge >= 0.3 is 6.03 Å². The molecule has 3 fully saturated rings. The summed E-state index contributed by atoms with van der Waals surface area (Å²) in [5, 5.41) is 11.3. The normalized spacial score (nSPS) is 21.7. The van der Waals surface area contributed by atoms with Crippen molar-refractivity contribution in [2.45, 2.75) is 43.4 Å². The van der Waals surface area contributed by atoms with E-state index in [4.69, 9.17) is 25.8 Å². The molecule has 0 radical (unpaired) electrons. The third-order valence-electron chi connectivity index (χ3n) is 9.52. The summed E-state index contributed by atoms with van der Waals surface area (Å²) in [5.41, 5.74) is 7.35. The quantitative estimate of drug-likeness (QED) is 0.183. The van der Waals surface area contributed by atoms with E-state index in [1.807, 2.05) is 60.1 Å². The van der Waals surface area contributed by atoms with Crippen LogP contribution in [0.5, 0.6) is 5.75 Å². The van der Waals surface area contributed by atoms with Crippen molar-refractivity contribution in [3.8, 4) is 5.75 Å². The van der Waals surface area contributed by atoms with Crippen molar-refractivity contribution < 1.29 is 19.0 Å². The summed E-state index contributed by atoms with van der Waals surface area (Å²) >= 11 is 7.70. The Kier molecular flexibility index (Phi) is 10.4. The Morgan fingerprint density at radius 1 is 0.980 bits per heavy atom. The molecule has 3 aliphatic heterocycles. The van der Waals surface area contributed by atoms with Crippen LogP contribution in [0.25, 0.3) is 0 Å². The van der Waals surface area contributed by atoms with Gasteiger partial charge in [0.15, 0.2) is 5.16 Å². The molecule has 3 atom stereocenters. The van der Waals surface area contributed by atoms with Crippen molar-refractivity contribution in [2.24, 2.45) is 7.05 Å². The zero-order valence-electron chi connectivity index (χ0n) is 28.6. The molecule has 12 nitrogen and oxygen atoms in total. The molecular weight excluding hydrogens is 676 g/mol. The molecular formula is C36H43ClN8O4S. The summed E-state index contributed by atoms with van der Waals surface area (Å²) in [4.78, 5) is 19.5. The largest absolute Gasteiger partial charge is 0.491 e. The van der Waals surface area contributed by atoms with Crippen LogP contribution in [-0.4, -0.2) is 89.8 Å². The van der Waals surface area contributed by atoms with Gasteiger partial charge in [-0.25, -0.2) is 10.2 Å². The number of urea groups is 1. The predicted molar refractivity (Wildman–Crippen MR) is 196 cm³/mol. The number of hydrogen-bond acceptors (Lipinski definition) is 10. The summed E-state index contributed by atoms with van der Waals surface area (Å²) < 4.78 is 20.9. The number of ether oxygens (including phenoxy) is 3. The highest BCUT2D eigenvalue weighted by molar-refractivity contribution is 7.99. The number of piperazine rings is 1. The first-order chi connectivity index (χ1) is 24.3. The monoisotopic (exact) mass is 718 g/mol. The summed E-state index contributed by atoms with van der Waals surface area (Å²) in [7, 11) is 1.91. The van der Waals surface area contributed by atoms with Crippen molar-refractivity contribution in [1.82, 2.24) is 25.2 Å². The van der Waals surface area contributed by atoms with Crippen LogP contribution >= 0.6 is 23.4 Å². The summed E-state index contributed by atoms with van der Waals surface area (Å²) in [6.45, 7) is 9.03. The second-order valence-electron chi connectivity index (χ2n) is 12.8. The van der Waals surface area contributed by atoms with Crippen molar-refractivity contribution >= 4 is 46.5 Å². The predicted octanol–water partition coefficient (Wildman–Crippen LogP) is 5.74. The molecule has 1 N–H and O–H groups in total. The summed E-state index contributed by atoms with van der Waals surface area (Å²) in [6, 6.07) is 24.3. The van der Waals surface area contributed by atoms with Gasteiger partial charge in [-0.15, -0.1) is 10.2 Å². The molecule has 2 amide bonds. The molecule has 3 aromatic carbocycles. The molecule has 50 heavy (non-hydrogen) atoms. The van der Waals surface area contributed by atoms with E-state index in [2.05, 4.69) is 63.5 Å². The maximum absolute atomic E-state index is 12.9. The highest BCUT2D eigenvalue weighted by Crippen LogP contribution is 2.39. The molecule has 3 aliphatic rings. The molecule has 4 aromatic rings. The van der Waals surface area contributed by atoms with E-state index in [0.29, 0.717) is 30.7 Å². The standard InChI is InChI=1S/C36H43ClN8O4S/c1-4-26(2)45-35(46)44(25-39-45)31-11-9-29(10-12-31)42-17-19-43(20-18-42)30-13-15-32(16-14-30)47-21-33-22-48-36(49-33,27-5-7-28(37)8-6-27)23-50-34-40-38-24-41(34)3/h5-16,24,26,33,39H,4,17-23,25H2,1-3H3/t26-,33-,36-/m1/s1. The molecule has 4 heterocycles. The van der Waals surface area contributed by atoms with E-state index < -0.39 is 5.79 Å². The Balaban J connectivity index is 0.899. The van der Waals surface area contributed by atoms with E-state index in [1.54, 1.807) is 16.2 Å². The van der Waals surface area contributed by atoms with Crippen molar-refractivity contribution in [3.05, 3.63) is 89.7 Å². The second kappa shape index (κ2) is 15.1. The number of nitrogens with one attached hydrogen (secondary N) is 1. The lowest BCUT2D eigenvalue weighted by molar-refractivity contribution is -0.160. The Morgan fingerprint density at radius 2 is 1.62 bits per heavy atom. The number of anilines is 3. The van der Waals surface area contributed by atoms with E-state index >= 15 is 0 Å². The summed E-state index contributed by atoms with van der Waals surface area (Å²) in [5.74, 6) is 0.329. The number of nitrogens with zero attached hydrogens (tertiary/aromatic N) is 7. The first kappa shape index (κ1) is 34.4. The first-order valence-electron chi connectivity index (χ1n) is 17.0. The van der Waals surface area contributed by atoms with Crippen LogP contribution in [-0.2, 0) is 22.3 Å². The Labute approximate surface area is 302 Å². The van der Waals surface area contributed by atoms with Crippen molar-refractivity contribution in [2.75, 3.05) is 66.5 Å². The lowest BCUT2D eigenvalue weighted by Gasteiger charge is -2.37. The molecule has 3 saturated heterocycles. The van der Waals surface area contributed by atoms with E-state index in [0.717, 1.165) is 54.8 Å². The van der Waals surface area contributed by atoms with Crippen molar-refractivity contribution in [1.29, 1.82) is 0 Å². The van der Waals surface area contributed by atoms with Gasteiger partial charge in [-0.3, -0.25) is 9.91 Å². The Hall–Kier alpha value is -4.01. The molecule has 0 unspecified atom stereocenters. The van der Waals surface area contributed by atoms with E-state index in [-0.39, 0.29) is 18.2 Å². The SMILES string of the molecule is CC[C@@H](C)N1NCN(c2ccc(N3CCN(c4ccc(OC[C@@H]5CO[C@@](CSc6nncn6C)(c6ccc(Cl)cc6)O5)cc4)CC3)cc2)C1=O. The zero-order valence-corrected chi connectivity index (χ0v) is 30.1. The Morgan fingerprint density at radius 3 is 2.24 bits per heavy atom. The van der Waals surface area contributed by atoms with Gasteiger partial charge in [0, 0.05) is 66.9 Å². The number of amides is 2. The first-order valence-corrected chi connectivity index (χ1v) is 18.4. The fourth-order valence-corrected chi connectivity index (χ4v) is 7.49. The van der Waals surface area contributed by atoms with Crippen LogP contribution < -0.4 is 24.9 Å². The average molecular weight is 719 g/mol. The number of carbonyl (C=O) groups is 1. The van der Waals surface area contributed by atoms with Gasteiger partial charge in [0.2, 0.25) is 5.79 Å². The molecule has 264 valence electrons. The number of rotatable bonds is 12. The summed E-state index contributed by atoms with van der Waals surface area (Å²) in [6.07, 6.45) is 2.33. The highest BCUT2D eigenvalue weighted by atomic mass is 35.5. The molecule has 1 aromatic heterocycles. The van der Waals surface area contributed by atoms with Gasteiger partial charge in [0.25, 0.3) is 0 Å². The van der Waals surface area contributed by atoms with Crippen molar-refractivity contribution in [3.63, 3.8) is 0 Å². The number of carbonyl (C=O) groups excluding carboxylic acids is 1. The molecule has 14 heteroatoms. The molecule has 7 rings (SSSR count). The fraction of sp³-hybridized carbons (Fsp3) is 0.417. The molecule has 0 spiro atoms. The third kappa shape index (κ3) is 7.38. The van der Waals surface area contributed by atoms with Gasteiger partial charge in [0.1, 0.15) is 24.8 Å². The number of benzene rings is 3. The van der Waals surface area contributed by atoms with Gasteiger partial charge in [0.05, 0.1) is 19.0 Å². The van der Waals surface area contributed by atoms with Crippen LogP contribution in [0.15, 0.2) is 84.3 Å². The minimum Gasteiger partial charge on any atom is -0.491 e. The molecule has 0 bridgehead atoms. The van der Waals surface area contributed by atoms with Gasteiger partial charge in [-0.1, -0.05) is 42.4 Å². The minimum atomic E-state index is -0.956. The van der Waals surface area contributed by atoms with Crippen LogP contribution in [0.3, 0.4) is 0 Å². The fourth-order valence-electron chi connectivity index (χ4n) is 6.37. The van der Waals surface area contributed by atoms with E-state index in [1.165, 1.54) is 23.1 Å². The van der Waals surface area contributed by atoms with Crippen LogP contribution in [0, 0.1) is 0 Å². The van der Waals surface area contributed by atoms with Gasteiger partial charge < -0.3 is 28.6 Å². The second-order valence-corrected chi connectivity index (χ2v) is 14.2. The number of hydrazine groups is 1. The Bertz CT molecular complexity index is 1740. The zero-order chi connectivity index (χ0) is 34.7. The maximum Gasteiger partial charge on any atom is 0.340 e. The number of aromatic nitrogens is 3. The molecule has 0 aliphatic carbocycles. The lowest BCUT2D eigenvalue weighted by atomic mass is 10.1. The number of halogens is 1. The van der Waals surface area contributed by atoms with Gasteiger partial charge in [-0.2, -0.15) is 0 Å². The third-order valence-corrected chi connectivity index (χ3v) is 10.9. The average Bonchev–Trinajstić information content (AvgIpc) is 3.88. The topological polar surface area (TPSA) is 100 Å². The minimum absolute atomic E-state index is 0.000970. The van der Waals surface area contributed by atoms with E-state index in [9.17, 15) is 4.79 Å². The molecule has 0 saturated carbocycles. The smallest absolute Gasteiger partial charge is 0.340 e. The lowest BCUT2D eigenvalue weighted by Crippen LogP contribution is -2.46. The van der Waals surface area contributed by atoms with Crippen LogP contribution in [0.2, 0.25) is 5.02 Å². The number of aryl methyl sites for hydroxylation is 1.